The summed E-state index contributed by atoms with van der Waals surface area (Å²) in [4.78, 5) is 11.5. The Labute approximate surface area is 135 Å². The van der Waals surface area contributed by atoms with E-state index in [2.05, 4.69) is 23.7 Å². The zero-order chi connectivity index (χ0) is 16.1. The quantitative estimate of drug-likeness (QED) is 0.682. The summed E-state index contributed by atoms with van der Waals surface area (Å²) in [6.07, 6.45) is 0. The number of nitrogens with one attached hydrogen (secondary N) is 1. The van der Waals surface area contributed by atoms with Crippen LogP contribution in [0.25, 0.3) is 5.70 Å². The number of hydrogen-bond acceptors (Lipinski definition) is 2. The lowest BCUT2D eigenvalue weighted by atomic mass is 10.1. The molecule has 0 radical (unpaired) electrons. The molecule has 0 aliphatic heterocycles. The fraction of sp³-hybridized carbons (Fsp3) is 0.105. The van der Waals surface area contributed by atoms with Crippen molar-refractivity contribution in [3.05, 3.63) is 76.3 Å². The summed E-state index contributed by atoms with van der Waals surface area (Å²) in [7, 11) is 1.83. The van der Waals surface area contributed by atoms with Crippen LogP contribution in [0, 0.1) is 11.8 Å². The first kappa shape index (κ1) is 15.9. The smallest absolute Gasteiger partial charge is 0.161 e. The summed E-state index contributed by atoms with van der Waals surface area (Å²) >= 11 is 5.99. The van der Waals surface area contributed by atoms with Gasteiger partial charge in [0.1, 0.15) is 0 Å². The highest BCUT2D eigenvalue weighted by atomic mass is 35.5. The molecule has 2 aromatic rings. The molecule has 0 bridgehead atoms. The molecule has 2 aromatic carbocycles. The Balaban J connectivity index is 2.33. The first-order valence-corrected chi connectivity index (χ1v) is 7.18. The minimum atomic E-state index is -0.0685. The zero-order valence-corrected chi connectivity index (χ0v) is 13.3. The predicted molar refractivity (Wildman–Crippen MR) is 92.0 cm³/mol. The zero-order valence-electron chi connectivity index (χ0n) is 12.5. The topological polar surface area (TPSA) is 29.1 Å². The molecule has 0 spiro atoms. The van der Waals surface area contributed by atoms with E-state index in [1.807, 2.05) is 31.3 Å². The van der Waals surface area contributed by atoms with Crippen molar-refractivity contribution in [1.29, 1.82) is 0 Å². The Bertz CT molecular complexity index is 797. The van der Waals surface area contributed by atoms with Crippen LogP contribution < -0.4 is 5.32 Å². The first-order chi connectivity index (χ1) is 10.5. The van der Waals surface area contributed by atoms with Crippen LogP contribution in [0.4, 0.5) is 0 Å². The van der Waals surface area contributed by atoms with Crippen molar-refractivity contribution in [1.82, 2.24) is 5.32 Å². The van der Waals surface area contributed by atoms with Crippen molar-refractivity contribution in [2.45, 2.75) is 6.92 Å². The second kappa shape index (κ2) is 6.98. The molecule has 0 unspecified atom stereocenters. The molecule has 3 heteroatoms. The molecule has 0 aromatic heterocycles. The van der Waals surface area contributed by atoms with E-state index in [1.54, 1.807) is 18.2 Å². The predicted octanol–water partition coefficient (Wildman–Crippen LogP) is 4.13. The maximum atomic E-state index is 11.5. The van der Waals surface area contributed by atoms with Gasteiger partial charge in [-0.05, 0) is 42.8 Å². The number of carbonyl (C=O) groups is 1. The fourth-order valence-electron chi connectivity index (χ4n) is 1.95. The number of hydrogen-bond donors (Lipinski definition) is 1. The average Bonchev–Trinajstić information content (AvgIpc) is 2.53. The molecule has 0 heterocycles. The highest BCUT2D eigenvalue weighted by molar-refractivity contribution is 6.33. The summed E-state index contributed by atoms with van der Waals surface area (Å²) < 4.78 is 0. The van der Waals surface area contributed by atoms with Gasteiger partial charge >= 0.3 is 0 Å². The van der Waals surface area contributed by atoms with Crippen LogP contribution in [0.5, 0.6) is 0 Å². The van der Waals surface area contributed by atoms with Crippen LogP contribution in [0.2, 0.25) is 5.02 Å². The van der Waals surface area contributed by atoms with E-state index in [-0.39, 0.29) is 5.78 Å². The standard InChI is InChI=1S/C19H16ClNO/c1-13(21-3)17-6-4-5-15(11-17)7-8-16-9-10-19(20)18(12-16)14(2)22/h4-6,9-12,21H,1H2,2-3H3. The van der Waals surface area contributed by atoms with E-state index in [4.69, 9.17) is 11.6 Å². The van der Waals surface area contributed by atoms with Crippen molar-refractivity contribution < 1.29 is 4.79 Å². The number of carbonyl (C=O) groups excluding carboxylic acids is 1. The van der Waals surface area contributed by atoms with Crippen molar-refractivity contribution >= 4 is 23.1 Å². The minimum Gasteiger partial charge on any atom is -0.388 e. The van der Waals surface area contributed by atoms with E-state index in [0.29, 0.717) is 10.6 Å². The van der Waals surface area contributed by atoms with Gasteiger partial charge in [-0.3, -0.25) is 4.79 Å². The maximum absolute atomic E-state index is 11.5. The first-order valence-electron chi connectivity index (χ1n) is 6.81. The molecular formula is C19H16ClNO. The molecule has 0 saturated carbocycles. The van der Waals surface area contributed by atoms with E-state index >= 15 is 0 Å². The van der Waals surface area contributed by atoms with Gasteiger partial charge in [0.2, 0.25) is 0 Å². The van der Waals surface area contributed by atoms with Crippen LogP contribution >= 0.6 is 11.6 Å². The molecule has 2 rings (SSSR count). The Morgan fingerprint density at radius 3 is 2.45 bits per heavy atom. The molecule has 2 nitrogen and oxygen atoms in total. The number of ketones is 1. The van der Waals surface area contributed by atoms with Gasteiger partial charge in [-0.15, -0.1) is 0 Å². The Morgan fingerprint density at radius 2 is 1.82 bits per heavy atom. The number of benzene rings is 2. The van der Waals surface area contributed by atoms with Crippen LogP contribution in [0.1, 0.15) is 34.0 Å². The molecule has 0 saturated heterocycles. The van der Waals surface area contributed by atoms with Gasteiger partial charge in [0, 0.05) is 29.4 Å². The fourth-order valence-corrected chi connectivity index (χ4v) is 2.20. The molecule has 22 heavy (non-hydrogen) atoms. The van der Waals surface area contributed by atoms with Gasteiger partial charge < -0.3 is 5.32 Å². The monoisotopic (exact) mass is 309 g/mol. The van der Waals surface area contributed by atoms with Gasteiger partial charge in [0.05, 0.1) is 5.02 Å². The maximum Gasteiger partial charge on any atom is 0.161 e. The Kier molecular flexibility index (Phi) is 5.04. The molecule has 1 N–H and O–H groups in total. The third-order valence-corrected chi connectivity index (χ3v) is 3.54. The highest BCUT2D eigenvalue weighted by Gasteiger charge is 2.05. The van der Waals surface area contributed by atoms with Gasteiger partial charge in [0.15, 0.2) is 5.78 Å². The minimum absolute atomic E-state index is 0.0685. The van der Waals surface area contributed by atoms with Crippen LogP contribution in [-0.2, 0) is 0 Å². The van der Waals surface area contributed by atoms with Crippen molar-refractivity contribution in [3.63, 3.8) is 0 Å². The Hall–Kier alpha value is -2.50. The number of halogens is 1. The van der Waals surface area contributed by atoms with E-state index in [0.717, 1.165) is 22.4 Å². The number of rotatable bonds is 3. The van der Waals surface area contributed by atoms with Crippen molar-refractivity contribution in [3.8, 4) is 11.8 Å². The molecule has 110 valence electrons. The third-order valence-electron chi connectivity index (χ3n) is 3.21. The van der Waals surface area contributed by atoms with Crippen LogP contribution in [0.15, 0.2) is 49.0 Å². The average molecular weight is 310 g/mol. The van der Waals surface area contributed by atoms with Crippen LogP contribution in [-0.4, -0.2) is 12.8 Å². The summed E-state index contributed by atoms with van der Waals surface area (Å²) in [6, 6.07) is 13.0. The van der Waals surface area contributed by atoms with E-state index < -0.39 is 0 Å². The summed E-state index contributed by atoms with van der Waals surface area (Å²) in [5, 5.41) is 3.46. The molecule has 0 aliphatic carbocycles. The second-order valence-corrected chi connectivity index (χ2v) is 5.22. The van der Waals surface area contributed by atoms with E-state index in [9.17, 15) is 4.79 Å². The lowest BCUT2D eigenvalue weighted by molar-refractivity contribution is 0.101. The van der Waals surface area contributed by atoms with Crippen LogP contribution in [0.3, 0.4) is 0 Å². The van der Waals surface area contributed by atoms with Gasteiger partial charge in [-0.1, -0.05) is 42.2 Å². The van der Waals surface area contributed by atoms with Crippen molar-refractivity contribution in [2.24, 2.45) is 0 Å². The summed E-state index contributed by atoms with van der Waals surface area (Å²) in [6.45, 7) is 5.42. The molecule has 0 atom stereocenters. The van der Waals surface area contributed by atoms with Gasteiger partial charge in [-0.2, -0.15) is 0 Å². The van der Waals surface area contributed by atoms with E-state index in [1.165, 1.54) is 6.92 Å². The lowest BCUT2D eigenvalue weighted by Gasteiger charge is -2.04. The highest BCUT2D eigenvalue weighted by Crippen LogP contribution is 2.18. The molecular weight excluding hydrogens is 294 g/mol. The van der Waals surface area contributed by atoms with Gasteiger partial charge in [0.25, 0.3) is 0 Å². The summed E-state index contributed by atoms with van der Waals surface area (Å²) in [5.74, 6) is 6.08. The van der Waals surface area contributed by atoms with Gasteiger partial charge in [-0.25, -0.2) is 0 Å². The molecule has 0 amide bonds. The largest absolute Gasteiger partial charge is 0.388 e. The normalized spacial score (nSPS) is 9.59. The second-order valence-electron chi connectivity index (χ2n) is 4.81. The molecule has 0 fully saturated rings. The lowest BCUT2D eigenvalue weighted by Crippen LogP contribution is -2.02. The number of Topliss-reactive ketones (excluding diaryl/α,β-unsaturated/α-hetero) is 1. The molecule has 0 aliphatic rings. The van der Waals surface area contributed by atoms with Crippen molar-refractivity contribution in [2.75, 3.05) is 7.05 Å². The SMILES string of the molecule is C=C(NC)c1cccc(C#Cc2ccc(Cl)c(C(C)=O)c2)c1. The third kappa shape index (κ3) is 3.78. The Morgan fingerprint density at radius 1 is 1.14 bits per heavy atom. The summed E-state index contributed by atoms with van der Waals surface area (Å²) in [5.41, 5.74) is 3.97.